The number of halogens is 2. The van der Waals surface area contributed by atoms with Gasteiger partial charge in [0.25, 0.3) is 0 Å². The Kier molecular flexibility index (Phi) is 9.79. The van der Waals surface area contributed by atoms with E-state index in [4.69, 9.17) is 0 Å². The van der Waals surface area contributed by atoms with Crippen LogP contribution in [-0.2, 0) is 4.79 Å². The van der Waals surface area contributed by atoms with E-state index in [0.29, 0.717) is 0 Å². The summed E-state index contributed by atoms with van der Waals surface area (Å²) in [5, 5.41) is 6.26. The summed E-state index contributed by atoms with van der Waals surface area (Å²) in [7, 11) is 0. The Balaban J connectivity index is 0.00000162. The van der Waals surface area contributed by atoms with E-state index in [1.165, 1.54) is 25.9 Å². The molecule has 0 radical (unpaired) electrons. The van der Waals surface area contributed by atoms with Gasteiger partial charge in [-0.1, -0.05) is 6.92 Å². The maximum Gasteiger partial charge on any atom is 0.237 e. The van der Waals surface area contributed by atoms with Gasteiger partial charge in [0.2, 0.25) is 5.91 Å². The van der Waals surface area contributed by atoms with E-state index in [0.717, 1.165) is 38.4 Å². The Morgan fingerprint density at radius 3 is 2.53 bits per heavy atom. The highest BCUT2D eigenvalue weighted by Crippen LogP contribution is 2.15. The van der Waals surface area contributed by atoms with Gasteiger partial charge in [0, 0.05) is 13.1 Å². The summed E-state index contributed by atoms with van der Waals surface area (Å²) in [5.41, 5.74) is 0. The van der Waals surface area contributed by atoms with Crippen molar-refractivity contribution in [2.45, 2.75) is 38.6 Å². The van der Waals surface area contributed by atoms with Gasteiger partial charge < -0.3 is 15.5 Å². The normalized spacial score (nSPS) is 24.4. The molecule has 2 N–H and O–H groups in total. The molecular formula is C13H27Cl2N3O. The van der Waals surface area contributed by atoms with Crippen LogP contribution in [0.15, 0.2) is 0 Å². The quantitative estimate of drug-likeness (QED) is 0.825. The molecule has 2 saturated heterocycles. The number of hydrogen-bond donors (Lipinski definition) is 2. The predicted molar refractivity (Wildman–Crippen MR) is 83.4 cm³/mol. The number of nitrogens with zero attached hydrogens (tertiary/aromatic N) is 1. The fourth-order valence-corrected chi connectivity index (χ4v) is 2.65. The smallest absolute Gasteiger partial charge is 0.237 e. The van der Waals surface area contributed by atoms with E-state index in [1.807, 2.05) is 0 Å². The third-order valence-corrected chi connectivity index (χ3v) is 3.98. The summed E-state index contributed by atoms with van der Waals surface area (Å²) in [6.07, 6.45) is 4.73. The van der Waals surface area contributed by atoms with Crippen molar-refractivity contribution in [3.8, 4) is 0 Å². The molecule has 4 nitrogen and oxygen atoms in total. The van der Waals surface area contributed by atoms with Crippen LogP contribution in [0.4, 0.5) is 0 Å². The van der Waals surface area contributed by atoms with Crippen molar-refractivity contribution in [3.05, 3.63) is 0 Å². The summed E-state index contributed by atoms with van der Waals surface area (Å²) in [6, 6.07) is 0.0661. The molecule has 2 aliphatic rings. The number of hydrogen-bond acceptors (Lipinski definition) is 3. The first-order valence-electron chi connectivity index (χ1n) is 6.99. The van der Waals surface area contributed by atoms with Crippen LogP contribution >= 0.6 is 24.8 Å². The van der Waals surface area contributed by atoms with Gasteiger partial charge in [-0.25, -0.2) is 0 Å². The third-order valence-electron chi connectivity index (χ3n) is 3.98. The third kappa shape index (κ3) is 6.30. The second kappa shape index (κ2) is 9.81. The fraction of sp³-hybridized carbons (Fsp3) is 0.923. The minimum atomic E-state index is 0. The molecule has 1 amide bonds. The summed E-state index contributed by atoms with van der Waals surface area (Å²) in [5.74, 6) is 1.07. The second-order valence-electron chi connectivity index (χ2n) is 5.46. The Hall–Kier alpha value is -0.0300. The van der Waals surface area contributed by atoms with Gasteiger partial charge in [-0.2, -0.15) is 0 Å². The molecule has 2 heterocycles. The van der Waals surface area contributed by atoms with Crippen LogP contribution in [0.2, 0.25) is 0 Å². The minimum absolute atomic E-state index is 0. The molecule has 0 saturated carbocycles. The molecule has 0 aromatic rings. The number of carbonyl (C=O) groups is 1. The summed E-state index contributed by atoms with van der Waals surface area (Å²) in [6.45, 7) is 7.50. The van der Waals surface area contributed by atoms with Crippen LogP contribution in [0.1, 0.15) is 32.6 Å². The van der Waals surface area contributed by atoms with Gasteiger partial charge in [-0.3, -0.25) is 4.79 Å². The molecule has 6 heteroatoms. The Morgan fingerprint density at radius 2 is 1.95 bits per heavy atom. The molecule has 2 fully saturated rings. The largest absolute Gasteiger partial charge is 0.353 e. The topological polar surface area (TPSA) is 44.4 Å². The maximum atomic E-state index is 11.7. The average molecular weight is 312 g/mol. The van der Waals surface area contributed by atoms with Gasteiger partial charge in [-0.15, -0.1) is 24.8 Å². The highest BCUT2D eigenvalue weighted by Gasteiger charge is 2.21. The second-order valence-corrected chi connectivity index (χ2v) is 5.46. The summed E-state index contributed by atoms with van der Waals surface area (Å²) >= 11 is 0. The lowest BCUT2D eigenvalue weighted by Gasteiger charge is -2.30. The monoisotopic (exact) mass is 311 g/mol. The number of likely N-dealkylation sites (tertiary alicyclic amines) is 1. The van der Waals surface area contributed by atoms with Gasteiger partial charge in [-0.05, 0) is 51.2 Å². The van der Waals surface area contributed by atoms with Crippen molar-refractivity contribution in [1.82, 2.24) is 15.5 Å². The standard InChI is InChI=1S/C13H25N3O.2ClH/c1-11-4-8-16(9-5-11)10-7-15-13(17)12-3-2-6-14-12;;/h11-12,14H,2-10H2,1H3,(H,15,17);2*1H/t12-;;/m0../s1. The molecule has 0 aromatic carbocycles. The van der Waals surface area contributed by atoms with Crippen molar-refractivity contribution in [2.75, 3.05) is 32.7 Å². The lowest BCUT2D eigenvalue weighted by atomic mass is 9.99. The average Bonchev–Trinajstić information content (AvgIpc) is 2.85. The van der Waals surface area contributed by atoms with Crippen LogP contribution in [0, 0.1) is 5.92 Å². The maximum absolute atomic E-state index is 11.7. The Labute approximate surface area is 128 Å². The van der Waals surface area contributed by atoms with Crippen molar-refractivity contribution >= 4 is 30.7 Å². The zero-order chi connectivity index (χ0) is 12.1. The number of piperidine rings is 1. The number of amides is 1. The van der Waals surface area contributed by atoms with Crippen LogP contribution in [0.5, 0.6) is 0 Å². The Bertz CT molecular complexity index is 252. The molecular weight excluding hydrogens is 285 g/mol. The van der Waals surface area contributed by atoms with E-state index in [2.05, 4.69) is 22.5 Å². The van der Waals surface area contributed by atoms with Gasteiger partial charge in [0.05, 0.1) is 6.04 Å². The minimum Gasteiger partial charge on any atom is -0.353 e. The summed E-state index contributed by atoms with van der Waals surface area (Å²) in [4.78, 5) is 14.2. The van der Waals surface area contributed by atoms with Gasteiger partial charge in [0.15, 0.2) is 0 Å². The first-order valence-corrected chi connectivity index (χ1v) is 6.99. The van der Waals surface area contributed by atoms with E-state index in [-0.39, 0.29) is 36.8 Å². The molecule has 0 aliphatic carbocycles. The van der Waals surface area contributed by atoms with Gasteiger partial charge in [0.1, 0.15) is 0 Å². The summed E-state index contributed by atoms with van der Waals surface area (Å²) < 4.78 is 0. The molecule has 2 rings (SSSR count). The van der Waals surface area contributed by atoms with E-state index >= 15 is 0 Å². The van der Waals surface area contributed by atoms with Crippen LogP contribution in [0.25, 0.3) is 0 Å². The van der Waals surface area contributed by atoms with Gasteiger partial charge >= 0.3 is 0 Å². The van der Waals surface area contributed by atoms with Crippen LogP contribution < -0.4 is 10.6 Å². The molecule has 0 spiro atoms. The molecule has 114 valence electrons. The lowest BCUT2D eigenvalue weighted by molar-refractivity contribution is -0.122. The van der Waals surface area contributed by atoms with E-state index in [9.17, 15) is 4.79 Å². The van der Waals surface area contributed by atoms with E-state index in [1.54, 1.807) is 0 Å². The lowest BCUT2D eigenvalue weighted by Crippen LogP contribution is -2.44. The number of nitrogens with one attached hydrogen (secondary N) is 2. The molecule has 0 unspecified atom stereocenters. The first-order chi connectivity index (χ1) is 8.25. The van der Waals surface area contributed by atoms with E-state index < -0.39 is 0 Å². The zero-order valence-corrected chi connectivity index (χ0v) is 13.3. The first kappa shape index (κ1) is 19.0. The molecule has 0 aromatic heterocycles. The fourth-order valence-electron chi connectivity index (χ4n) is 2.65. The highest BCUT2D eigenvalue weighted by molar-refractivity contribution is 5.85. The molecule has 1 atom stereocenters. The predicted octanol–water partition coefficient (Wildman–Crippen LogP) is 1.43. The molecule has 19 heavy (non-hydrogen) atoms. The van der Waals surface area contributed by atoms with Crippen molar-refractivity contribution in [2.24, 2.45) is 5.92 Å². The molecule has 0 bridgehead atoms. The highest BCUT2D eigenvalue weighted by atomic mass is 35.5. The van der Waals surface area contributed by atoms with Crippen LogP contribution in [0.3, 0.4) is 0 Å². The van der Waals surface area contributed by atoms with Crippen LogP contribution in [-0.4, -0.2) is 49.6 Å². The van der Waals surface area contributed by atoms with Crippen molar-refractivity contribution < 1.29 is 4.79 Å². The van der Waals surface area contributed by atoms with Crippen molar-refractivity contribution in [1.29, 1.82) is 0 Å². The van der Waals surface area contributed by atoms with Crippen molar-refractivity contribution in [3.63, 3.8) is 0 Å². The number of carbonyl (C=O) groups excluding carboxylic acids is 1. The Morgan fingerprint density at radius 1 is 1.26 bits per heavy atom. The SMILES string of the molecule is CC1CCN(CCNC(=O)[C@@H]2CCCN2)CC1.Cl.Cl. The zero-order valence-electron chi connectivity index (χ0n) is 11.7. The number of rotatable bonds is 4. The molecule has 2 aliphatic heterocycles.